The van der Waals surface area contributed by atoms with Crippen LogP contribution in [0, 0.1) is 23.7 Å². The molecule has 0 radical (unpaired) electrons. The molecule has 3 rings (SSSR count). The monoisotopic (exact) mass is 426 g/mol. The van der Waals surface area contributed by atoms with Crippen LogP contribution in [0.25, 0.3) is 0 Å². The summed E-state index contributed by atoms with van der Waals surface area (Å²) in [7, 11) is 0. The van der Waals surface area contributed by atoms with Gasteiger partial charge in [0.2, 0.25) is 0 Å². The zero-order chi connectivity index (χ0) is 21.0. The second kappa shape index (κ2) is 10.3. The third-order valence-electron chi connectivity index (χ3n) is 7.32. The van der Waals surface area contributed by atoms with Gasteiger partial charge in [0.25, 0.3) is 0 Å². The summed E-state index contributed by atoms with van der Waals surface area (Å²) in [5.74, 6) is 1.36. The van der Waals surface area contributed by atoms with Crippen LogP contribution >= 0.6 is 0 Å². The molecule has 0 aromatic carbocycles. The zero-order valence-corrected chi connectivity index (χ0v) is 17.3. The van der Waals surface area contributed by atoms with Crippen LogP contribution in [-0.4, -0.2) is 43.9 Å². The molecule has 4 atom stereocenters. The van der Waals surface area contributed by atoms with Gasteiger partial charge >= 0.3 is 6.18 Å². The molecule has 0 bridgehead atoms. The molecule has 1 aliphatic heterocycles. The topological polar surface area (TPSA) is 18.5 Å². The van der Waals surface area contributed by atoms with E-state index in [1.165, 1.54) is 19.3 Å². The van der Waals surface area contributed by atoms with E-state index < -0.39 is 31.2 Å². The van der Waals surface area contributed by atoms with Crippen molar-refractivity contribution in [1.29, 1.82) is 0 Å². The molecule has 0 aromatic heterocycles. The van der Waals surface area contributed by atoms with Gasteiger partial charge in [-0.2, -0.15) is 13.2 Å². The van der Waals surface area contributed by atoms with Gasteiger partial charge < -0.3 is 9.47 Å². The molecule has 2 nitrogen and oxygen atoms in total. The second-order valence-electron chi connectivity index (χ2n) is 9.43. The van der Waals surface area contributed by atoms with Crippen molar-refractivity contribution >= 4 is 0 Å². The summed E-state index contributed by atoms with van der Waals surface area (Å²) in [6.07, 6.45) is -0.284. The first kappa shape index (κ1) is 23.2. The summed E-state index contributed by atoms with van der Waals surface area (Å²) in [5.41, 5.74) is 0. The van der Waals surface area contributed by atoms with E-state index in [2.05, 4.69) is 11.7 Å². The lowest BCUT2D eigenvalue weighted by atomic mass is 9.68. The number of halogens is 5. The van der Waals surface area contributed by atoms with E-state index >= 15 is 0 Å². The normalized spacial score (nSPS) is 42.0. The summed E-state index contributed by atoms with van der Waals surface area (Å²) < 4.78 is 76.4. The molecular formula is C22H35F5O2. The number of ether oxygens (including phenoxy) is 2. The average molecular weight is 427 g/mol. The van der Waals surface area contributed by atoms with Gasteiger partial charge in [0.05, 0.1) is 6.10 Å². The molecule has 2 aliphatic carbocycles. The first-order valence-corrected chi connectivity index (χ1v) is 11.3. The fourth-order valence-electron chi connectivity index (χ4n) is 5.78. The van der Waals surface area contributed by atoms with Gasteiger partial charge in [0.15, 0.2) is 0 Å². The van der Waals surface area contributed by atoms with Gasteiger partial charge in [0, 0.05) is 6.61 Å². The van der Waals surface area contributed by atoms with E-state index in [9.17, 15) is 22.0 Å². The highest BCUT2D eigenvalue weighted by Crippen LogP contribution is 2.44. The lowest BCUT2D eigenvalue weighted by molar-refractivity contribution is -0.205. The Morgan fingerprint density at radius 2 is 1.48 bits per heavy atom. The van der Waals surface area contributed by atoms with Crippen LogP contribution in [0.5, 0.6) is 0 Å². The van der Waals surface area contributed by atoms with Gasteiger partial charge in [0.1, 0.15) is 25.1 Å². The summed E-state index contributed by atoms with van der Waals surface area (Å²) in [6, 6.07) is 0. The fraction of sp³-hybridized carbons (Fsp3) is 1.00. The summed E-state index contributed by atoms with van der Waals surface area (Å²) >= 11 is 0. The van der Waals surface area contributed by atoms with Gasteiger partial charge in [-0.15, -0.1) is 0 Å². The van der Waals surface area contributed by atoms with Gasteiger partial charge in [-0.05, 0) is 81.5 Å². The number of hydrogen-bond donors (Lipinski definition) is 0. The van der Waals surface area contributed by atoms with Crippen molar-refractivity contribution in [1.82, 2.24) is 0 Å². The Labute approximate surface area is 170 Å². The Balaban J connectivity index is 1.42. The summed E-state index contributed by atoms with van der Waals surface area (Å²) in [4.78, 5) is 0. The lowest BCUT2D eigenvalue weighted by Gasteiger charge is -2.42. The maximum absolute atomic E-state index is 14.4. The van der Waals surface area contributed by atoms with Crippen LogP contribution in [0.2, 0.25) is 0 Å². The van der Waals surface area contributed by atoms with Gasteiger partial charge in [-0.3, -0.25) is 0 Å². The van der Waals surface area contributed by atoms with Crippen LogP contribution in [0.1, 0.15) is 71.1 Å². The summed E-state index contributed by atoms with van der Waals surface area (Å²) in [5, 5.41) is 0. The van der Waals surface area contributed by atoms with Gasteiger partial charge in [-0.25, -0.2) is 8.78 Å². The molecule has 3 aliphatic rings. The van der Waals surface area contributed by atoms with E-state index in [1.54, 1.807) is 0 Å². The van der Waals surface area contributed by atoms with Crippen LogP contribution in [0.4, 0.5) is 22.0 Å². The minimum Gasteiger partial charge on any atom is -0.378 e. The molecule has 0 N–H and O–H groups in total. The molecule has 4 unspecified atom stereocenters. The van der Waals surface area contributed by atoms with Crippen molar-refractivity contribution in [2.45, 2.75) is 102 Å². The van der Waals surface area contributed by atoms with Crippen molar-refractivity contribution in [3.05, 3.63) is 0 Å². The van der Waals surface area contributed by atoms with E-state index in [-0.39, 0.29) is 24.7 Å². The molecule has 0 amide bonds. The predicted molar refractivity (Wildman–Crippen MR) is 101 cm³/mol. The minimum absolute atomic E-state index is 0.104. The molecule has 29 heavy (non-hydrogen) atoms. The SMILES string of the molecule is CCCC1CCC(C2CCC(C3CC(F)C(OCC(F)(F)F)C(F)C3)CC2)OC1. The smallest absolute Gasteiger partial charge is 0.378 e. The van der Waals surface area contributed by atoms with E-state index in [0.29, 0.717) is 17.9 Å². The molecule has 7 heteroatoms. The van der Waals surface area contributed by atoms with Crippen molar-refractivity contribution in [2.24, 2.45) is 23.7 Å². The Bertz CT molecular complexity index is 472. The first-order chi connectivity index (χ1) is 13.8. The zero-order valence-electron chi connectivity index (χ0n) is 17.3. The number of alkyl halides is 5. The molecule has 0 spiro atoms. The van der Waals surface area contributed by atoms with Crippen molar-refractivity contribution in [2.75, 3.05) is 13.2 Å². The highest BCUT2D eigenvalue weighted by atomic mass is 19.4. The maximum Gasteiger partial charge on any atom is 0.411 e. The van der Waals surface area contributed by atoms with Gasteiger partial charge in [-0.1, -0.05) is 13.3 Å². The van der Waals surface area contributed by atoms with E-state index in [1.807, 2.05) is 0 Å². The minimum atomic E-state index is -4.56. The van der Waals surface area contributed by atoms with E-state index in [0.717, 1.165) is 38.7 Å². The summed E-state index contributed by atoms with van der Waals surface area (Å²) in [6.45, 7) is 1.47. The molecule has 170 valence electrons. The number of rotatable bonds is 6. The van der Waals surface area contributed by atoms with Crippen LogP contribution in [-0.2, 0) is 9.47 Å². The fourth-order valence-corrected chi connectivity index (χ4v) is 5.78. The second-order valence-corrected chi connectivity index (χ2v) is 9.43. The largest absolute Gasteiger partial charge is 0.411 e. The van der Waals surface area contributed by atoms with E-state index in [4.69, 9.17) is 4.74 Å². The maximum atomic E-state index is 14.4. The molecule has 0 aromatic rings. The number of hydrogen-bond acceptors (Lipinski definition) is 2. The molecular weight excluding hydrogens is 391 g/mol. The third kappa shape index (κ3) is 6.52. The van der Waals surface area contributed by atoms with Crippen molar-refractivity contribution < 1.29 is 31.4 Å². The highest BCUT2D eigenvalue weighted by molar-refractivity contribution is 4.92. The van der Waals surface area contributed by atoms with Crippen LogP contribution in [0.3, 0.4) is 0 Å². The Morgan fingerprint density at radius 3 is 2.00 bits per heavy atom. The van der Waals surface area contributed by atoms with Crippen molar-refractivity contribution in [3.8, 4) is 0 Å². The Kier molecular flexibility index (Phi) is 8.22. The molecule has 2 saturated carbocycles. The standard InChI is InChI=1S/C22H35F5O2/c1-2-3-14-4-9-20(28-12-14)16-7-5-15(6-8-16)17-10-18(23)21(19(24)11-17)29-13-22(25,26)27/h14-21H,2-13H2,1H3. The van der Waals surface area contributed by atoms with Crippen LogP contribution < -0.4 is 0 Å². The van der Waals surface area contributed by atoms with Crippen LogP contribution in [0.15, 0.2) is 0 Å². The lowest BCUT2D eigenvalue weighted by Crippen LogP contribution is -2.45. The predicted octanol–water partition coefficient (Wildman–Crippen LogP) is 6.42. The quantitative estimate of drug-likeness (QED) is 0.456. The third-order valence-corrected chi connectivity index (χ3v) is 7.32. The first-order valence-electron chi connectivity index (χ1n) is 11.3. The molecule has 1 saturated heterocycles. The Morgan fingerprint density at radius 1 is 0.862 bits per heavy atom. The Hall–Kier alpha value is -0.430. The molecule has 3 fully saturated rings. The molecule has 1 heterocycles. The van der Waals surface area contributed by atoms with Crippen molar-refractivity contribution in [3.63, 3.8) is 0 Å². The highest BCUT2D eigenvalue weighted by Gasteiger charge is 2.44. The average Bonchev–Trinajstić information content (AvgIpc) is 2.67.